The van der Waals surface area contributed by atoms with Crippen LogP contribution in [0.1, 0.15) is 24.1 Å². The second kappa shape index (κ2) is 9.07. The molecule has 0 aliphatic heterocycles. The van der Waals surface area contributed by atoms with Gasteiger partial charge in [0, 0.05) is 0 Å². The minimum atomic E-state index is -4.41. The molecule has 0 bridgehead atoms. The van der Waals surface area contributed by atoms with Gasteiger partial charge in [0.15, 0.2) is 6.61 Å². The molecule has 2 aromatic rings. The Balaban J connectivity index is 1.75. The Morgan fingerprint density at radius 1 is 1.00 bits per heavy atom. The lowest BCUT2D eigenvalue weighted by Crippen LogP contribution is -2.39. The third-order valence-corrected chi connectivity index (χ3v) is 3.67. The first-order valence-electron chi connectivity index (χ1n) is 8.17. The summed E-state index contributed by atoms with van der Waals surface area (Å²) < 4.78 is 42.9. The Bertz CT molecular complexity index is 762. The number of para-hydroxylation sites is 1. The van der Waals surface area contributed by atoms with Crippen molar-refractivity contribution in [1.82, 2.24) is 10.6 Å². The van der Waals surface area contributed by atoms with Crippen LogP contribution in [0.3, 0.4) is 0 Å². The van der Waals surface area contributed by atoms with Crippen molar-refractivity contribution in [3.05, 3.63) is 65.7 Å². The van der Waals surface area contributed by atoms with Gasteiger partial charge < -0.3 is 15.4 Å². The number of carbonyl (C=O) groups is 2. The summed E-state index contributed by atoms with van der Waals surface area (Å²) in [5, 5.41) is 5.02. The van der Waals surface area contributed by atoms with Gasteiger partial charge in [-0.05, 0) is 36.8 Å². The fraction of sp³-hybridized carbons (Fsp3) is 0.263. The van der Waals surface area contributed by atoms with Crippen molar-refractivity contribution in [2.75, 3.05) is 13.2 Å². The molecule has 5 nitrogen and oxygen atoms in total. The van der Waals surface area contributed by atoms with E-state index in [0.717, 1.165) is 12.1 Å². The van der Waals surface area contributed by atoms with Crippen LogP contribution in [-0.4, -0.2) is 25.0 Å². The standard InChI is InChI=1S/C19H19F3N2O3/c1-13(14-7-9-15(10-8-14)19(20,21)22)24-17(25)11-23-18(26)12-27-16-5-3-2-4-6-16/h2-10,13H,11-12H2,1H3,(H,23,26)(H,24,25). The Morgan fingerprint density at radius 2 is 1.63 bits per heavy atom. The third-order valence-electron chi connectivity index (χ3n) is 3.67. The molecule has 144 valence electrons. The topological polar surface area (TPSA) is 67.4 Å². The van der Waals surface area contributed by atoms with Crippen molar-refractivity contribution in [2.24, 2.45) is 0 Å². The highest BCUT2D eigenvalue weighted by Crippen LogP contribution is 2.29. The largest absolute Gasteiger partial charge is 0.484 e. The van der Waals surface area contributed by atoms with E-state index in [1.165, 1.54) is 12.1 Å². The number of rotatable bonds is 7. The SMILES string of the molecule is CC(NC(=O)CNC(=O)COc1ccccc1)c1ccc(C(F)(F)F)cc1. The van der Waals surface area contributed by atoms with Crippen LogP contribution < -0.4 is 15.4 Å². The smallest absolute Gasteiger partial charge is 0.416 e. The van der Waals surface area contributed by atoms with E-state index in [-0.39, 0.29) is 13.2 Å². The normalized spacial score (nSPS) is 12.1. The van der Waals surface area contributed by atoms with Gasteiger partial charge in [-0.3, -0.25) is 9.59 Å². The molecule has 27 heavy (non-hydrogen) atoms. The van der Waals surface area contributed by atoms with Crippen LogP contribution in [0.25, 0.3) is 0 Å². The summed E-state index contributed by atoms with van der Waals surface area (Å²) in [7, 11) is 0. The van der Waals surface area contributed by atoms with Gasteiger partial charge in [-0.25, -0.2) is 0 Å². The first-order valence-corrected chi connectivity index (χ1v) is 8.17. The minimum absolute atomic E-state index is 0.230. The number of amides is 2. The zero-order valence-electron chi connectivity index (χ0n) is 14.5. The maximum atomic E-state index is 12.6. The van der Waals surface area contributed by atoms with Gasteiger partial charge in [-0.1, -0.05) is 30.3 Å². The second-order valence-electron chi connectivity index (χ2n) is 5.79. The average Bonchev–Trinajstić information content (AvgIpc) is 2.65. The molecule has 0 spiro atoms. The molecule has 2 amide bonds. The van der Waals surface area contributed by atoms with Crippen LogP contribution in [-0.2, 0) is 15.8 Å². The Kier molecular flexibility index (Phi) is 6.81. The molecule has 2 aromatic carbocycles. The Hall–Kier alpha value is -3.03. The van der Waals surface area contributed by atoms with Crippen molar-refractivity contribution in [3.63, 3.8) is 0 Å². The van der Waals surface area contributed by atoms with Gasteiger partial charge in [0.05, 0.1) is 18.2 Å². The molecule has 2 rings (SSSR count). The van der Waals surface area contributed by atoms with E-state index in [4.69, 9.17) is 4.74 Å². The van der Waals surface area contributed by atoms with E-state index < -0.39 is 29.6 Å². The van der Waals surface area contributed by atoms with Gasteiger partial charge in [0.2, 0.25) is 5.91 Å². The first-order chi connectivity index (χ1) is 12.8. The predicted molar refractivity (Wildman–Crippen MR) is 92.9 cm³/mol. The van der Waals surface area contributed by atoms with Crippen LogP contribution in [0.4, 0.5) is 13.2 Å². The van der Waals surface area contributed by atoms with E-state index in [1.807, 2.05) is 6.07 Å². The molecule has 0 saturated heterocycles. The molecule has 1 atom stereocenters. The highest BCUT2D eigenvalue weighted by Gasteiger charge is 2.30. The summed E-state index contributed by atoms with van der Waals surface area (Å²) in [6, 6.07) is 12.8. The van der Waals surface area contributed by atoms with Crippen LogP contribution in [0, 0.1) is 0 Å². The molecule has 0 aliphatic rings. The molecular formula is C19H19F3N2O3. The highest BCUT2D eigenvalue weighted by atomic mass is 19.4. The number of hydrogen-bond donors (Lipinski definition) is 2. The number of ether oxygens (including phenoxy) is 1. The van der Waals surface area contributed by atoms with Crippen molar-refractivity contribution < 1.29 is 27.5 Å². The fourth-order valence-corrected chi connectivity index (χ4v) is 2.23. The van der Waals surface area contributed by atoms with Gasteiger partial charge in [-0.15, -0.1) is 0 Å². The summed E-state index contributed by atoms with van der Waals surface area (Å²) in [4.78, 5) is 23.6. The third kappa shape index (κ3) is 6.65. The molecule has 0 radical (unpaired) electrons. The number of carbonyl (C=O) groups excluding carboxylic acids is 2. The van der Waals surface area contributed by atoms with Crippen LogP contribution in [0.5, 0.6) is 5.75 Å². The molecular weight excluding hydrogens is 361 g/mol. The number of halogens is 3. The molecule has 0 heterocycles. The van der Waals surface area contributed by atoms with Gasteiger partial charge in [0.1, 0.15) is 5.75 Å². The Labute approximate surface area is 154 Å². The lowest BCUT2D eigenvalue weighted by Gasteiger charge is -2.16. The van der Waals surface area contributed by atoms with Gasteiger partial charge >= 0.3 is 6.18 Å². The molecule has 0 aromatic heterocycles. The summed E-state index contributed by atoms with van der Waals surface area (Å²) in [5.41, 5.74) is -0.231. The summed E-state index contributed by atoms with van der Waals surface area (Å²) >= 11 is 0. The van der Waals surface area contributed by atoms with Crippen molar-refractivity contribution in [2.45, 2.75) is 19.1 Å². The number of nitrogens with one attached hydrogen (secondary N) is 2. The quantitative estimate of drug-likeness (QED) is 0.776. The zero-order valence-corrected chi connectivity index (χ0v) is 14.5. The average molecular weight is 380 g/mol. The van der Waals surface area contributed by atoms with Crippen LogP contribution in [0.15, 0.2) is 54.6 Å². The Morgan fingerprint density at radius 3 is 2.22 bits per heavy atom. The van der Waals surface area contributed by atoms with Gasteiger partial charge in [0.25, 0.3) is 5.91 Å². The van der Waals surface area contributed by atoms with Crippen LogP contribution in [0.2, 0.25) is 0 Å². The number of hydrogen-bond acceptors (Lipinski definition) is 3. The monoisotopic (exact) mass is 380 g/mol. The first kappa shape index (κ1) is 20.3. The molecule has 0 saturated carbocycles. The minimum Gasteiger partial charge on any atom is -0.484 e. The van der Waals surface area contributed by atoms with E-state index in [2.05, 4.69) is 10.6 Å². The molecule has 8 heteroatoms. The van der Waals surface area contributed by atoms with E-state index in [0.29, 0.717) is 11.3 Å². The molecule has 2 N–H and O–H groups in total. The molecule has 1 unspecified atom stereocenters. The summed E-state index contributed by atoms with van der Waals surface area (Å²) in [6.07, 6.45) is -4.41. The molecule has 0 fully saturated rings. The molecule has 0 aliphatic carbocycles. The van der Waals surface area contributed by atoms with E-state index in [1.54, 1.807) is 31.2 Å². The maximum absolute atomic E-state index is 12.6. The van der Waals surface area contributed by atoms with Crippen molar-refractivity contribution >= 4 is 11.8 Å². The second-order valence-corrected chi connectivity index (χ2v) is 5.79. The predicted octanol–water partition coefficient (Wildman–Crippen LogP) is 3.08. The summed E-state index contributed by atoms with van der Waals surface area (Å²) in [6.45, 7) is 1.15. The van der Waals surface area contributed by atoms with Crippen molar-refractivity contribution in [3.8, 4) is 5.75 Å². The van der Waals surface area contributed by atoms with Gasteiger partial charge in [-0.2, -0.15) is 13.2 Å². The van der Waals surface area contributed by atoms with E-state index >= 15 is 0 Å². The lowest BCUT2D eigenvalue weighted by atomic mass is 10.1. The maximum Gasteiger partial charge on any atom is 0.416 e. The zero-order chi connectivity index (χ0) is 19.9. The fourth-order valence-electron chi connectivity index (χ4n) is 2.23. The number of benzene rings is 2. The summed E-state index contributed by atoms with van der Waals surface area (Å²) in [5.74, 6) is -0.389. The number of alkyl halides is 3. The van der Waals surface area contributed by atoms with E-state index in [9.17, 15) is 22.8 Å². The highest BCUT2D eigenvalue weighted by molar-refractivity contribution is 5.85. The van der Waals surface area contributed by atoms with Crippen molar-refractivity contribution in [1.29, 1.82) is 0 Å². The van der Waals surface area contributed by atoms with Crippen LogP contribution >= 0.6 is 0 Å². The lowest BCUT2D eigenvalue weighted by molar-refractivity contribution is -0.137.